The monoisotopic (exact) mass is 409 g/mol. The van der Waals surface area contributed by atoms with Gasteiger partial charge in [0.05, 0.1) is 30.2 Å². The standard InChI is InChI=1S/C22H27N5O3/c1-15(2)29-22-17-11-16(3-4-19(17)23-14-24-22)27-8-6-26(7-9-27)12-20-18-13-28-10-5-21(18)30-25-20/h3-4,11,14-15H,5-10,12-13H2,1-2H3. The summed E-state index contributed by atoms with van der Waals surface area (Å²) in [6.45, 7) is 10.0. The maximum absolute atomic E-state index is 5.89. The number of hydrogen-bond acceptors (Lipinski definition) is 8. The van der Waals surface area contributed by atoms with Crippen LogP contribution in [0.25, 0.3) is 10.9 Å². The van der Waals surface area contributed by atoms with Crippen molar-refractivity contribution < 1.29 is 14.0 Å². The molecule has 0 N–H and O–H groups in total. The van der Waals surface area contributed by atoms with E-state index in [9.17, 15) is 0 Å². The summed E-state index contributed by atoms with van der Waals surface area (Å²) >= 11 is 0. The maximum Gasteiger partial charge on any atom is 0.224 e. The highest BCUT2D eigenvalue weighted by Crippen LogP contribution is 2.28. The van der Waals surface area contributed by atoms with Crippen molar-refractivity contribution in [1.29, 1.82) is 0 Å². The molecule has 8 nitrogen and oxygen atoms in total. The van der Waals surface area contributed by atoms with Crippen LogP contribution in [0.1, 0.15) is 30.9 Å². The van der Waals surface area contributed by atoms with Crippen molar-refractivity contribution >= 4 is 16.6 Å². The number of hydrogen-bond donors (Lipinski definition) is 0. The van der Waals surface area contributed by atoms with Crippen molar-refractivity contribution in [2.45, 2.75) is 39.5 Å². The molecule has 0 amide bonds. The zero-order chi connectivity index (χ0) is 20.5. The molecule has 1 fully saturated rings. The quantitative estimate of drug-likeness (QED) is 0.637. The number of fused-ring (bicyclic) bond motifs is 2. The molecule has 0 unspecified atom stereocenters. The number of piperazine rings is 1. The van der Waals surface area contributed by atoms with Crippen LogP contribution >= 0.6 is 0 Å². The molecular formula is C22H27N5O3. The van der Waals surface area contributed by atoms with Crippen molar-refractivity contribution in [3.05, 3.63) is 41.5 Å². The van der Waals surface area contributed by atoms with Gasteiger partial charge in [-0.3, -0.25) is 4.90 Å². The Morgan fingerprint density at radius 3 is 2.83 bits per heavy atom. The maximum atomic E-state index is 5.89. The second-order valence-electron chi connectivity index (χ2n) is 8.14. The average Bonchev–Trinajstić information content (AvgIpc) is 3.17. The molecule has 158 valence electrons. The lowest BCUT2D eigenvalue weighted by molar-refractivity contribution is 0.102. The van der Waals surface area contributed by atoms with E-state index < -0.39 is 0 Å². The Morgan fingerprint density at radius 1 is 1.13 bits per heavy atom. The molecular weight excluding hydrogens is 382 g/mol. The lowest BCUT2D eigenvalue weighted by Gasteiger charge is -2.36. The van der Waals surface area contributed by atoms with Gasteiger partial charge in [-0.05, 0) is 32.0 Å². The van der Waals surface area contributed by atoms with E-state index in [1.807, 2.05) is 19.9 Å². The Morgan fingerprint density at radius 2 is 2.00 bits per heavy atom. The van der Waals surface area contributed by atoms with Gasteiger partial charge < -0.3 is 18.9 Å². The summed E-state index contributed by atoms with van der Waals surface area (Å²) < 4.78 is 17.0. The van der Waals surface area contributed by atoms with Gasteiger partial charge in [0.15, 0.2) is 0 Å². The van der Waals surface area contributed by atoms with Crippen molar-refractivity contribution in [3.63, 3.8) is 0 Å². The molecule has 2 aromatic heterocycles. The topological polar surface area (TPSA) is 76.8 Å². The minimum Gasteiger partial charge on any atom is -0.474 e. The first-order valence-electron chi connectivity index (χ1n) is 10.6. The number of nitrogens with zero attached hydrogens (tertiary/aromatic N) is 5. The lowest BCUT2D eigenvalue weighted by atomic mass is 10.1. The van der Waals surface area contributed by atoms with E-state index in [1.165, 1.54) is 5.69 Å². The second kappa shape index (κ2) is 8.20. The van der Waals surface area contributed by atoms with Crippen LogP contribution < -0.4 is 9.64 Å². The van der Waals surface area contributed by atoms with E-state index in [-0.39, 0.29) is 6.10 Å². The molecule has 0 aliphatic carbocycles. The molecule has 4 heterocycles. The van der Waals surface area contributed by atoms with Gasteiger partial charge in [0, 0.05) is 50.4 Å². The summed E-state index contributed by atoms with van der Waals surface area (Å²) in [5.41, 5.74) is 4.26. The Kier molecular flexibility index (Phi) is 5.26. The Hall–Kier alpha value is -2.71. The zero-order valence-corrected chi connectivity index (χ0v) is 17.5. The molecule has 8 heteroatoms. The molecule has 5 rings (SSSR count). The third-order valence-electron chi connectivity index (χ3n) is 5.71. The van der Waals surface area contributed by atoms with Crippen LogP contribution in [0.3, 0.4) is 0 Å². The Labute approximate surface area is 175 Å². The van der Waals surface area contributed by atoms with Gasteiger partial charge >= 0.3 is 0 Å². The van der Waals surface area contributed by atoms with E-state index in [1.54, 1.807) is 6.33 Å². The SMILES string of the molecule is CC(C)Oc1ncnc2ccc(N3CCN(Cc4noc5c4COCC5)CC3)cc12. The van der Waals surface area contributed by atoms with Crippen molar-refractivity contribution in [2.24, 2.45) is 0 Å². The van der Waals surface area contributed by atoms with Crippen molar-refractivity contribution in [1.82, 2.24) is 20.0 Å². The first-order valence-corrected chi connectivity index (χ1v) is 10.6. The molecule has 0 atom stereocenters. The molecule has 30 heavy (non-hydrogen) atoms. The molecule has 0 spiro atoms. The molecule has 1 saturated heterocycles. The Bertz CT molecular complexity index is 1030. The van der Waals surface area contributed by atoms with Crippen molar-refractivity contribution in [2.75, 3.05) is 37.7 Å². The van der Waals surface area contributed by atoms with Gasteiger partial charge in [-0.15, -0.1) is 0 Å². The molecule has 3 aromatic rings. The van der Waals surface area contributed by atoms with Crippen LogP contribution in [0.4, 0.5) is 5.69 Å². The summed E-state index contributed by atoms with van der Waals surface area (Å²) in [5, 5.41) is 5.26. The predicted molar refractivity (Wildman–Crippen MR) is 113 cm³/mol. The van der Waals surface area contributed by atoms with E-state index >= 15 is 0 Å². The Balaban J connectivity index is 1.27. The molecule has 0 radical (unpaired) electrons. The minimum absolute atomic E-state index is 0.0722. The first-order chi connectivity index (χ1) is 14.7. The minimum atomic E-state index is 0.0722. The third-order valence-corrected chi connectivity index (χ3v) is 5.71. The number of aromatic nitrogens is 3. The molecule has 0 saturated carbocycles. The van der Waals surface area contributed by atoms with Gasteiger partial charge in [-0.2, -0.15) is 0 Å². The predicted octanol–water partition coefficient (Wildman–Crippen LogP) is 2.80. The summed E-state index contributed by atoms with van der Waals surface area (Å²) in [5.74, 6) is 1.64. The largest absolute Gasteiger partial charge is 0.474 e. The van der Waals surface area contributed by atoms with E-state index in [0.717, 1.165) is 73.7 Å². The summed E-state index contributed by atoms with van der Waals surface area (Å²) in [7, 11) is 0. The second-order valence-corrected chi connectivity index (χ2v) is 8.14. The number of ether oxygens (including phenoxy) is 2. The number of anilines is 1. The molecule has 0 bridgehead atoms. The van der Waals surface area contributed by atoms with Crippen LogP contribution in [0.5, 0.6) is 5.88 Å². The van der Waals surface area contributed by atoms with Crippen LogP contribution in [0.2, 0.25) is 0 Å². The van der Waals surface area contributed by atoms with E-state index in [4.69, 9.17) is 14.0 Å². The summed E-state index contributed by atoms with van der Waals surface area (Å²) in [4.78, 5) is 13.6. The van der Waals surface area contributed by atoms with Crippen LogP contribution in [-0.2, 0) is 24.3 Å². The normalized spacial score (nSPS) is 17.5. The van der Waals surface area contributed by atoms with Crippen molar-refractivity contribution in [3.8, 4) is 5.88 Å². The first kappa shape index (κ1) is 19.3. The van der Waals surface area contributed by atoms with Gasteiger partial charge in [0.2, 0.25) is 5.88 Å². The van der Waals surface area contributed by atoms with Crippen LogP contribution in [0, 0.1) is 0 Å². The summed E-state index contributed by atoms with van der Waals surface area (Å²) in [6, 6.07) is 6.33. The van der Waals surface area contributed by atoms with Gasteiger partial charge in [0.1, 0.15) is 17.8 Å². The fourth-order valence-corrected chi connectivity index (χ4v) is 4.12. The van der Waals surface area contributed by atoms with Crippen LogP contribution in [0.15, 0.2) is 29.0 Å². The smallest absolute Gasteiger partial charge is 0.224 e. The van der Waals surface area contributed by atoms with Gasteiger partial charge in [0.25, 0.3) is 0 Å². The lowest BCUT2D eigenvalue weighted by Crippen LogP contribution is -2.46. The van der Waals surface area contributed by atoms with Crippen LogP contribution in [-0.4, -0.2) is 58.9 Å². The highest BCUT2D eigenvalue weighted by Gasteiger charge is 2.24. The van der Waals surface area contributed by atoms with Gasteiger partial charge in [-0.25, -0.2) is 9.97 Å². The third kappa shape index (κ3) is 3.85. The van der Waals surface area contributed by atoms with E-state index in [0.29, 0.717) is 12.5 Å². The molecule has 2 aliphatic rings. The highest BCUT2D eigenvalue weighted by atomic mass is 16.5. The average molecular weight is 409 g/mol. The molecule has 2 aliphatic heterocycles. The fraction of sp³-hybridized carbons (Fsp3) is 0.500. The fourth-order valence-electron chi connectivity index (χ4n) is 4.12. The number of rotatable bonds is 5. The van der Waals surface area contributed by atoms with Gasteiger partial charge in [-0.1, -0.05) is 5.16 Å². The summed E-state index contributed by atoms with van der Waals surface area (Å²) in [6.07, 6.45) is 2.46. The highest BCUT2D eigenvalue weighted by molar-refractivity contribution is 5.86. The molecule has 1 aromatic carbocycles. The number of benzene rings is 1. The zero-order valence-electron chi connectivity index (χ0n) is 17.5. The van der Waals surface area contributed by atoms with E-state index in [2.05, 4.69) is 37.1 Å².